The molecule has 150 valence electrons. The normalized spacial score (nSPS) is 13.4. The fourth-order valence-electron chi connectivity index (χ4n) is 2.79. The monoisotopic (exact) mass is 485 g/mol. The van der Waals surface area contributed by atoms with Crippen LogP contribution in [0, 0.1) is 5.92 Å². The fourth-order valence-corrected chi connectivity index (χ4v) is 2.79. The van der Waals surface area contributed by atoms with E-state index in [-0.39, 0.29) is 24.0 Å². The van der Waals surface area contributed by atoms with E-state index in [2.05, 4.69) is 46.7 Å². The number of methoxy groups -OCH3 is 1. The number of nitrogens with zero attached hydrogens (tertiary/aromatic N) is 3. The summed E-state index contributed by atoms with van der Waals surface area (Å²) in [4.78, 5) is 4.30. The largest absolute Gasteiger partial charge is 0.497 e. The van der Waals surface area contributed by atoms with Crippen molar-refractivity contribution >= 4 is 29.9 Å². The van der Waals surface area contributed by atoms with E-state index in [1.54, 1.807) is 14.2 Å². The molecule has 0 saturated heterocycles. The Labute approximate surface area is 179 Å². The molecule has 1 aromatic heterocycles. The van der Waals surface area contributed by atoms with Crippen molar-refractivity contribution in [1.82, 2.24) is 20.4 Å². The van der Waals surface area contributed by atoms with Gasteiger partial charge < -0.3 is 15.4 Å². The summed E-state index contributed by atoms with van der Waals surface area (Å²) in [6.45, 7) is 7.07. The molecule has 27 heavy (non-hydrogen) atoms. The fraction of sp³-hybridized carbons (Fsp3) is 0.500. The van der Waals surface area contributed by atoms with E-state index in [0.717, 1.165) is 37.8 Å². The van der Waals surface area contributed by atoms with Crippen LogP contribution in [0.4, 0.5) is 0 Å². The molecule has 1 heterocycles. The number of halogens is 1. The van der Waals surface area contributed by atoms with E-state index in [1.807, 2.05) is 35.3 Å². The summed E-state index contributed by atoms with van der Waals surface area (Å²) in [5.41, 5.74) is 1.32. The van der Waals surface area contributed by atoms with Crippen molar-refractivity contribution in [1.29, 1.82) is 0 Å². The molecule has 0 bridgehead atoms. The molecule has 0 aliphatic rings. The lowest BCUT2D eigenvalue weighted by molar-refractivity contribution is 0.414. The van der Waals surface area contributed by atoms with Crippen molar-refractivity contribution in [2.24, 2.45) is 10.9 Å². The molecule has 6 nitrogen and oxygen atoms in total. The minimum absolute atomic E-state index is 0. The second kappa shape index (κ2) is 12.6. The average molecular weight is 485 g/mol. The number of ether oxygens (including phenoxy) is 1. The van der Waals surface area contributed by atoms with Crippen LogP contribution in [0.15, 0.2) is 47.7 Å². The highest BCUT2D eigenvalue weighted by Crippen LogP contribution is 2.21. The molecule has 2 unspecified atom stereocenters. The SMILES string of the molecule is CN=C(NCCC(C)c1ccc(OC)cc1)NCC(C)Cn1cccn1.I. The maximum atomic E-state index is 5.21. The summed E-state index contributed by atoms with van der Waals surface area (Å²) in [6, 6.07) is 10.2. The number of benzene rings is 1. The van der Waals surface area contributed by atoms with Gasteiger partial charge in [0.05, 0.1) is 7.11 Å². The van der Waals surface area contributed by atoms with Crippen molar-refractivity contribution < 1.29 is 4.74 Å². The van der Waals surface area contributed by atoms with Crippen LogP contribution < -0.4 is 15.4 Å². The number of guanidine groups is 1. The van der Waals surface area contributed by atoms with Crippen LogP contribution in [0.1, 0.15) is 31.7 Å². The van der Waals surface area contributed by atoms with Gasteiger partial charge in [0, 0.05) is 39.1 Å². The van der Waals surface area contributed by atoms with Gasteiger partial charge in [-0.1, -0.05) is 26.0 Å². The number of aromatic nitrogens is 2. The van der Waals surface area contributed by atoms with Crippen LogP contribution >= 0.6 is 24.0 Å². The molecule has 0 aliphatic heterocycles. The summed E-state index contributed by atoms with van der Waals surface area (Å²) in [7, 11) is 3.50. The van der Waals surface area contributed by atoms with Gasteiger partial charge in [0.1, 0.15) is 5.75 Å². The highest BCUT2D eigenvalue weighted by atomic mass is 127. The zero-order valence-electron chi connectivity index (χ0n) is 16.7. The van der Waals surface area contributed by atoms with Gasteiger partial charge in [-0.05, 0) is 42.0 Å². The van der Waals surface area contributed by atoms with Crippen molar-refractivity contribution in [3.63, 3.8) is 0 Å². The molecule has 0 spiro atoms. The summed E-state index contributed by atoms with van der Waals surface area (Å²) in [5, 5.41) is 11.0. The van der Waals surface area contributed by atoms with Crippen LogP contribution in [0.25, 0.3) is 0 Å². The Balaban J connectivity index is 0.00000364. The number of rotatable bonds is 9. The molecule has 1 aromatic carbocycles. The van der Waals surface area contributed by atoms with Gasteiger partial charge in [-0.25, -0.2) is 0 Å². The first-order valence-corrected chi connectivity index (χ1v) is 9.18. The van der Waals surface area contributed by atoms with Gasteiger partial charge in [0.2, 0.25) is 0 Å². The molecule has 0 amide bonds. The Hall–Kier alpha value is -1.77. The molecule has 0 aliphatic carbocycles. The quantitative estimate of drug-likeness (QED) is 0.324. The van der Waals surface area contributed by atoms with Gasteiger partial charge in [-0.2, -0.15) is 5.10 Å². The topological polar surface area (TPSA) is 63.5 Å². The average Bonchev–Trinajstić information content (AvgIpc) is 3.17. The Bertz CT molecular complexity index is 658. The second-order valence-corrected chi connectivity index (χ2v) is 6.68. The van der Waals surface area contributed by atoms with Gasteiger partial charge in [-0.3, -0.25) is 9.67 Å². The van der Waals surface area contributed by atoms with E-state index in [1.165, 1.54) is 5.56 Å². The second-order valence-electron chi connectivity index (χ2n) is 6.68. The molecular weight excluding hydrogens is 453 g/mol. The van der Waals surface area contributed by atoms with Gasteiger partial charge >= 0.3 is 0 Å². The lowest BCUT2D eigenvalue weighted by Crippen LogP contribution is -2.40. The van der Waals surface area contributed by atoms with Crippen LogP contribution in [-0.4, -0.2) is 43.0 Å². The smallest absolute Gasteiger partial charge is 0.190 e. The zero-order chi connectivity index (χ0) is 18.8. The highest BCUT2D eigenvalue weighted by molar-refractivity contribution is 14.0. The number of hydrogen-bond acceptors (Lipinski definition) is 3. The third kappa shape index (κ3) is 8.19. The van der Waals surface area contributed by atoms with Crippen LogP contribution in [0.2, 0.25) is 0 Å². The first-order chi connectivity index (χ1) is 12.6. The van der Waals surface area contributed by atoms with Crippen molar-refractivity contribution in [3.05, 3.63) is 48.3 Å². The maximum absolute atomic E-state index is 5.21. The Morgan fingerprint density at radius 2 is 1.96 bits per heavy atom. The third-order valence-corrected chi connectivity index (χ3v) is 4.45. The van der Waals surface area contributed by atoms with E-state index in [9.17, 15) is 0 Å². The van der Waals surface area contributed by atoms with Crippen molar-refractivity contribution in [2.45, 2.75) is 32.7 Å². The number of nitrogens with one attached hydrogen (secondary N) is 2. The lowest BCUT2D eigenvalue weighted by atomic mass is 9.98. The molecule has 2 rings (SSSR count). The van der Waals surface area contributed by atoms with Crippen LogP contribution in [0.3, 0.4) is 0 Å². The molecule has 7 heteroatoms. The predicted molar refractivity (Wildman–Crippen MR) is 122 cm³/mol. The molecular formula is C20H32IN5O. The molecule has 2 N–H and O–H groups in total. The molecule has 0 fully saturated rings. The predicted octanol–water partition coefficient (Wildman–Crippen LogP) is 3.50. The Morgan fingerprint density at radius 3 is 2.56 bits per heavy atom. The summed E-state index contributed by atoms with van der Waals surface area (Å²) in [5.74, 6) is 2.68. The van der Waals surface area contributed by atoms with Crippen LogP contribution in [-0.2, 0) is 6.54 Å². The Morgan fingerprint density at radius 1 is 1.22 bits per heavy atom. The molecule has 2 aromatic rings. The molecule has 0 radical (unpaired) electrons. The van der Waals surface area contributed by atoms with Crippen molar-refractivity contribution in [3.8, 4) is 5.75 Å². The minimum atomic E-state index is 0. The summed E-state index contributed by atoms with van der Waals surface area (Å²) < 4.78 is 7.17. The van der Waals surface area contributed by atoms with Gasteiger partial charge in [0.15, 0.2) is 5.96 Å². The third-order valence-electron chi connectivity index (χ3n) is 4.45. The van der Waals surface area contributed by atoms with Crippen LogP contribution in [0.5, 0.6) is 5.75 Å². The number of hydrogen-bond donors (Lipinski definition) is 2. The standard InChI is InChI=1S/C20H31N5O.HI/c1-16(15-25-13-5-11-24-25)14-23-20(21-3)22-12-10-17(2)18-6-8-19(26-4)9-7-18;/h5-9,11,13,16-17H,10,12,14-15H2,1-4H3,(H2,21,22,23);1H. The summed E-state index contributed by atoms with van der Waals surface area (Å²) in [6.07, 6.45) is 4.84. The van der Waals surface area contributed by atoms with Gasteiger partial charge in [0.25, 0.3) is 0 Å². The number of aliphatic imine (C=N–C) groups is 1. The zero-order valence-corrected chi connectivity index (χ0v) is 19.0. The molecule has 0 saturated carbocycles. The Kier molecular flexibility index (Phi) is 10.8. The van der Waals surface area contributed by atoms with E-state index < -0.39 is 0 Å². The first-order valence-electron chi connectivity index (χ1n) is 9.18. The maximum Gasteiger partial charge on any atom is 0.190 e. The van der Waals surface area contributed by atoms with E-state index in [4.69, 9.17) is 4.74 Å². The molecule has 2 atom stereocenters. The lowest BCUT2D eigenvalue weighted by Gasteiger charge is -2.17. The highest BCUT2D eigenvalue weighted by Gasteiger charge is 2.08. The van der Waals surface area contributed by atoms with Gasteiger partial charge in [-0.15, -0.1) is 24.0 Å². The first kappa shape index (κ1) is 23.3. The van der Waals surface area contributed by atoms with E-state index in [0.29, 0.717) is 11.8 Å². The minimum Gasteiger partial charge on any atom is -0.497 e. The van der Waals surface area contributed by atoms with E-state index >= 15 is 0 Å². The summed E-state index contributed by atoms with van der Waals surface area (Å²) >= 11 is 0. The van der Waals surface area contributed by atoms with Crippen molar-refractivity contribution in [2.75, 3.05) is 27.2 Å².